The molecule has 0 aromatic heterocycles. The Bertz CT molecular complexity index is 945. The van der Waals surface area contributed by atoms with Gasteiger partial charge in [-0.05, 0) is 42.1 Å². The van der Waals surface area contributed by atoms with Gasteiger partial charge in [0.1, 0.15) is 0 Å². The Hall–Kier alpha value is -2.35. The molecule has 0 spiro atoms. The molecule has 6 nitrogen and oxygen atoms in total. The van der Waals surface area contributed by atoms with E-state index in [1.807, 2.05) is 0 Å². The first kappa shape index (κ1) is 17.5. The van der Waals surface area contributed by atoms with Gasteiger partial charge in [-0.3, -0.25) is 19.7 Å². The van der Waals surface area contributed by atoms with E-state index in [1.165, 1.54) is 30.3 Å². The Labute approximate surface area is 156 Å². The fraction of sp³-hybridized carbons (Fsp3) is 0. The van der Waals surface area contributed by atoms with Crippen LogP contribution >= 0.6 is 35.0 Å². The normalized spacial score (nSPS) is 15.9. The van der Waals surface area contributed by atoms with Gasteiger partial charge in [0, 0.05) is 27.7 Å². The van der Waals surface area contributed by atoms with Gasteiger partial charge in [0.25, 0.3) is 16.8 Å². The molecule has 2 aromatic rings. The van der Waals surface area contributed by atoms with Crippen LogP contribution in [0.1, 0.15) is 5.56 Å². The van der Waals surface area contributed by atoms with Crippen LogP contribution in [0.15, 0.2) is 47.4 Å². The van der Waals surface area contributed by atoms with Crippen molar-refractivity contribution in [2.45, 2.75) is 0 Å². The minimum atomic E-state index is -0.564. The third kappa shape index (κ3) is 3.53. The summed E-state index contributed by atoms with van der Waals surface area (Å²) < 4.78 is 0. The summed E-state index contributed by atoms with van der Waals surface area (Å²) >= 11 is 12.7. The second-order valence-corrected chi connectivity index (χ2v) is 6.80. The Morgan fingerprint density at radius 2 is 1.88 bits per heavy atom. The first-order valence-corrected chi connectivity index (χ1v) is 8.41. The van der Waals surface area contributed by atoms with Crippen LogP contribution < -0.4 is 4.90 Å². The van der Waals surface area contributed by atoms with Crippen LogP contribution in [0.4, 0.5) is 16.2 Å². The Morgan fingerprint density at radius 3 is 2.56 bits per heavy atom. The number of hydrogen-bond donors (Lipinski definition) is 0. The zero-order valence-corrected chi connectivity index (χ0v) is 14.6. The lowest BCUT2D eigenvalue weighted by Crippen LogP contribution is -2.27. The van der Waals surface area contributed by atoms with Gasteiger partial charge in [-0.15, -0.1) is 0 Å². The molecule has 0 N–H and O–H groups in total. The van der Waals surface area contributed by atoms with E-state index in [-0.39, 0.29) is 21.2 Å². The second kappa shape index (κ2) is 6.87. The summed E-state index contributed by atoms with van der Waals surface area (Å²) in [5.74, 6) is -0.542. The van der Waals surface area contributed by atoms with Gasteiger partial charge in [-0.25, -0.2) is 4.90 Å². The van der Waals surface area contributed by atoms with Crippen LogP contribution in [0.25, 0.3) is 6.08 Å². The smallest absolute Gasteiger partial charge is 0.268 e. The molecule has 0 bridgehead atoms. The molecule has 1 aliphatic rings. The molecule has 1 heterocycles. The van der Waals surface area contributed by atoms with Gasteiger partial charge >= 0.3 is 0 Å². The highest BCUT2D eigenvalue weighted by atomic mass is 35.5. The molecule has 1 fully saturated rings. The number of imide groups is 1. The van der Waals surface area contributed by atoms with Crippen LogP contribution in [-0.2, 0) is 4.79 Å². The summed E-state index contributed by atoms with van der Waals surface area (Å²) in [5, 5.41) is 11.0. The van der Waals surface area contributed by atoms with E-state index in [0.29, 0.717) is 10.7 Å². The molecule has 126 valence electrons. The first-order chi connectivity index (χ1) is 11.9. The van der Waals surface area contributed by atoms with Gasteiger partial charge in [0.15, 0.2) is 0 Å². The highest BCUT2D eigenvalue weighted by Crippen LogP contribution is 2.37. The number of nitro groups is 1. The zero-order valence-electron chi connectivity index (χ0n) is 12.3. The average molecular weight is 395 g/mol. The van der Waals surface area contributed by atoms with Crippen LogP contribution in [0.2, 0.25) is 10.0 Å². The number of halogens is 2. The maximum absolute atomic E-state index is 12.6. The highest BCUT2D eigenvalue weighted by molar-refractivity contribution is 8.19. The maximum atomic E-state index is 12.6. The number of nitrogens with zero attached hydrogens (tertiary/aromatic N) is 2. The molecule has 0 saturated carbocycles. The van der Waals surface area contributed by atoms with Crippen molar-refractivity contribution in [3.05, 3.63) is 73.1 Å². The predicted octanol–water partition coefficient (Wildman–Crippen LogP) is 5.14. The number of thioether (sulfide) groups is 1. The fourth-order valence-corrected chi connectivity index (χ4v) is 3.39. The number of anilines is 1. The molecule has 0 radical (unpaired) electrons. The topological polar surface area (TPSA) is 80.5 Å². The maximum Gasteiger partial charge on any atom is 0.298 e. The van der Waals surface area contributed by atoms with Crippen molar-refractivity contribution in [2.24, 2.45) is 0 Å². The van der Waals surface area contributed by atoms with Gasteiger partial charge in [-0.2, -0.15) is 0 Å². The number of benzene rings is 2. The van der Waals surface area contributed by atoms with Gasteiger partial charge in [0.2, 0.25) is 0 Å². The quantitative estimate of drug-likeness (QED) is 0.408. The number of nitro benzene ring substituents is 1. The Balaban J connectivity index is 1.99. The third-order valence-electron chi connectivity index (χ3n) is 3.34. The van der Waals surface area contributed by atoms with Crippen molar-refractivity contribution in [2.75, 3.05) is 4.90 Å². The van der Waals surface area contributed by atoms with Crippen LogP contribution in [0.5, 0.6) is 0 Å². The summed E-state index contributed by atoms with van der Waals surface area (Å²) in [6.07, 6.45) is 1.37. The zero-order chi connectivity index (χ0) is 18.1. The van der Waals surface area contributed by atoms with E-state index in [0.717, 1.165) is 16.7 Å². The summed E-state index contributed by atoms with van der Waals surface area (Å²) in [6.45, 7) is 0. The lowest BCUT2D eigenvalue weighted by atomic mass is 10.2. The van der Waals surface area contributed by atoms with Crippen molar-refractivity contribution in [3.63, 3.8) is 0 Å². The lowest BCUT2D eigenvalue weighted by molar-refractivity contribution is -0.384. The van der Waals surface area contributed by atoms with Gasteiger partial charge < -0.3 is 0 Å². The molecular formula is C16H8Cl2N2O4S. The van der Waals surface area contributed by atoms with E-state index in [1.54, 1.807) is 18.2 Å². The van der Waals surface area contributed by atoms with E-state index < -0.39 is 16.1 Å². The number of amides is 2. The molecule has 0 atom stereocenters. The molecule has 0 aliphatic carbocycles. The largest absolute Gasteiger partial charge is 0.298 e. The lowest BCUT2D eigenvalue weighted by Gasteiger charge is -2.12. The van der Waals surface area contributed by atoms with Crippen molar-refractivity contribution < 1.29 is 14.5 Å². The molecule has 2 aromatic carbocycles. The van der Waals surface area contributed by atoms with Crippen LogP contribution in [-0.4, -0.2) is 16.1 Å². The number of hydrogen-bond acceptors (Lipinski definition) is 5. The number of non-ortho nitro benzene ring substituents is 1. The second-order valence-electron chi connectivity index (χ2n) is 4.96. The standard InChI is InChI=1S/C16H8Cl2N2O4S/c17-10-2-1-3-11(8-10)19-15(21)14(25-16(19)22)7-9-6-12(20(23)24)4-5-13(9)18/h1-8H/b14-7+. The Kier molecular flexibility index (Phi) is 4.80. The van der Waals surface area contributed by atoms with E-state index in [4.69, 9.17) is 23.2 Å². The first-order valence-electron chi connectivity index (χ1n) is 6.84. The Morgan fingerprint density at radius 1 is 1.12 bits per heavy atom. The number of rotatable bonds is 3. The molecule has 2 amide bonds. The predicted molar refractivity (Wildman–Crippen MR) is 98.0 cm³/mol. The average Bonchev–Trinajstić information content (AvgIpc) is 2.83. The summed E-state index contributed by atoms with van der Waals surface area (Å²) in [7, 11) is 0. The van der Waals surface area contributed by atoms with E-state index in [2.05, 4.69) is 0 Å². The minimum absolute atomic E-state index is 0.118. The number of carbonyl (C=O) groups excluding carboxylic acids is 2. The molecule has 9 heteroatoms. The third-order valence-corrected chi connectivity index (χ3v) is 4.79. The molecule has 1 aliphatic heterocycles. The van der Waals surface area contributed by atoms with Gasteiger partial charge in [-0.1, -0.05) is 29.3 Å². The summed E-state index contributed by atoms with van der Waals surface area (Å²) in [6, 6.07) is 10.2. The molecule has 25 heavy (non-hydrogen) atoms. The number of carbonyl (C=O) groups is 2. The molecule has 3 rings (SSSR count). The fourth-order valence-electron chi connectivity index (χ4n) is 2.20. The van der Waals surface area contributed by atoms with E-state index >= 15 is 0 Å². The monoisotopic (exact) mass is 394 g/mol. The molecule has 1 saturated heterocycles. The van der Waals surface area contributed by atoms with Crippen molar-refractivity contribution >= 4 is 63.6 Å². The SMILES string of the molecule is O=C1S/C(=C/c2cc([N+](=O)[O-])ccc2Cl)C(=O)N1c1cccc(Cl)c1. The van der Waals surface area contributed by atoms with Crippen LogP contribution in [0, 0.1) is 10.1 Å². The molecular weight excluding hydrogens is 387 g/mol. The van der Waals surface area contributed by atoms with Crippen molar-refractivity contribution in [3.8, 4) is 0 Å². The summed E-state index contributed by atoms with van der Waals surface area (Å²) in [5.41, 5.74) is 0.473. The van der Waals surface area contributed by atoms with Crippen LogP contribution in [0.3, 0.4) is 0 Å². The van der Waals surface area contributed by atoms with E-state index in [9.17, 15) is 19.7 Å². The van der Waals surface area contributed by atoms with Gasteiger partial charge in [0.05, 0.1) is 15.5 Å². The molecule has 0 unspecified atom stereocenters. The van der Waals surface area contributed by atoms with Crippen molar-refractivity contribution in [1.82, 2.24) is 0 Å². The highest BCUT2D eigenvalue weighted by Gasteiger charge is 2.36. The minimum Gasteiger partial charge on any atom is -0.268 e. The summed E-state index contributed by atoms with van der Waals surface area (Å²) in [4.78, 5) is 36.2. The van der Waals surface area contributed by atoms with Crippen molar-refractivity contribution in [1.29, 1.82) is 0 Å².